The van der Waals surface area contributed by atoms with E-state index in [1.54, 1.807) is 11.8 Å². The van der Waals surface area contributed by atoms with Gasteiger partial charge in [-0.25, -0.2) is 4.98 Å². The Morgan fingerprint density at radius 1 is 1.29 bits per heavy atom. The first-order valence-corrected chi connectivity index (χ1v) is 6.93. The van der Waals surface area contributed by atoms with Crippen molar-refractivity contribution in [3.63, 3.8) is 0 Å². The second kappa shape index (κ2) is 5.41. The third-order valence-corrected chi connectivity index (χ3v) is 3.93. The molecule has 1 N–H and O–H groups in total. The number of hydrogen-bond donors (Lipinski definition) is 1. The van der Waals surface area contributed by atoms with E-state index in [2.05, 4.69) is 11.9 Å². The Labute approximate surface area is 106 Å². The van der Waals surface area contributed by atoms with Gasteiger partial charge in [0.2, 0.25) is 0 Å². The zero-order valence-electron chi connectivity index (χ0n) is 10.2. The van der Waals surface area contributed by atoms with Crippen molar-refractivity contribution in [3.8, 4) is 5.75 Å². The molecule has 0 amide bonds. The average Bonchev–Trinajstić information content (AvgIpc) is 2.34. The molecule has 0 atom stereocenters. The molecule has 3 heteroatoms. The Morgan fingerprint density at radius 3 is 2.82 bits per heavy atom. The number of unbranched alkanes of at least 4 members (excludes halogenated alkanes) is 1. The van der Waals surface area contributed by atoms with Crippen molar-refractivity contribution in [2.75, 3.05) is 5.75 Å². The monoisotopic (exact) mass is 247 g/mol. The summed E-state index contributed by atoms with van der Waals surface area (Å²) in [6.07, 6.45) is 2.34. The molecule has 2 nitrogen and oxygen atoms in total. The SMILES string of the molecule is CCCCSc1c(O)c(C)nc2ccccc12. The minimum Gasteiger partial charge on any atom is -0.505 e. The molecule has 1 aromatic heterocycles. The Bertz CT molecular complexity index is 525. The molecule has 0 spiro atoms. The summed E-state index contributed by atoms with van der Waals surface area (Å²) in [5.41, 5.74) is 1.67. The molecule has 2 rings (SSSR count). The molecule has 0 aliphatic carbocycles. The zero-order chi connectivity index (χ0) is 12.3. The molecule has 1 heterocycles. The molecule has 0 saturated carbocycles. The first-order chi connectivity index (χ1) is 8.24. The second-order valence-corrected chi connectivity index (χ2v) is 5.20. The van der Waals surface area contributed by atoms with Gasteiger partial charge in [-0.15, -0.1) is 11.8 Å². The molecule has 17 heavy (non-hydrogen) atoms. The highest BCUT2D eigenvalue weighted by atomic mass is 32.2. The van der Waals surface area contributed by atoms with E-state index in [-0.39, 0.29) is 0 Å². The fraction of sp³-hybridized carbons (Fsp3) is 0.357. The molecule has 0 aliphatic rings. The molecule has 2 aromatic rings. The Balaban J connectivity index is 2.46. The normalized spacial score (nSPS) is 10.9. The van der Waals surface area contributed by atoms with E-state index < -0.39 is 0 Å². The second-order valence-electron chi connectivity index (χ2n) is 4.09. The zero-order valence-corrected chi connectivity index (χ0v) is 11.0. The van der Waals surface area contributed by atoms with Gasteiger partial charge in [0.1, 0.15) is 0 Å². The van der Waals surface area contributed by atoms with Gasteiger partial charge in [0.15, 0.2) is 5.75 Å². The molecule has 0 aliphatic heterocycles. The van der Waals surface area contributed by atoms with Crippen molar-refractivity contribution in [1.29, 1.82) is 0 Å². The smallest absolute Gasteiger partial charge is 0.150 e. The number of pyridine rings is 1. The van der Waals surface area contributed by atoms with Crippen molar-refractivity contribution in [2.24, 2.45) is 0 Å². The van der Waals surface area contributed by atoms with Gasteiger partial charge < -0.3 is 5.11 Å². The highest BCUT2D eigenvalue weighted by molar-refractivity contribution is 7.99. The van der Waals surface area contributed by atoms with E-state index in [1.165, 1.54) is 12.8 Å². The van der Waals surface area contributed by atoms with Gasteiger partial charge in [0, 0.05) is 5.39 Å². The van der Waals surface area contributed by atoms with Crippen LogP contribution in [0.1, 0.15) is 25.5 Å². The van der Waals surface area contributed by atoms with Gasteiger partial charge in [-0.2, -0.15) is 0 Å². The van der Waals surface area contributed by atoms with Gasteiger partial charge in [-0.3, -0.25) is 0 Å². The lowest BCUT2D eigenvalue weighted by molar-refractivity contribution is 0.456. The summed E-state index contributed by atoms with van der Waals surface area (Å²) in [5.74, 6) is 1.38. The van der Waals surface area contributed by atoms with E-state index >= 15 is 0 Å². The predicted octanol–water partition coefficient (Wildman–Crippen LogP) is 4.14. The van der Waals surface area contributed by atoms with Gasteiger partial charge in [0.25, 0.3) is 0 Å². The first-order valence-electron chi connectivity index (χ1n) is 5.95. The van der Waals surface area contributed by atoms with E-state index in [0.29, 0.717) is 11.4 Å². The fourth-order valence-corrected chi connectivity index (χ4v) is 3.00. The highest BCUT2D eigenvalue weighted by Crippen LogP contribution is 2.37. The van der Waals surface area contributed by atoms with E-state index in [1.807, 2.05) is 31.2 Å². The first kappa shape index (κ1) is 12.2. The molecule has 0 radical (unpaired) electrons. The average molecular weight is 247 g/mol. The number of hydrogen-bond acceptors (Lipinski definition) is 3. The van der Waals surface area contributed by atoms with Crippen LogP contribution in [0.5, 0.6) is 5.75 Å². The number of rotatable bonds is 4. The van der Waals surface area contributed by atoms with Crippen LogP contribution >= 0.6 is 11.8 Å². The molecule has 0 fully saturated rings. The van der Waals surface area contributed by atoms with Crippen LogP contribution in [0, 0.1) is 6.92 Å². The van der Waals surface area contributed by atoms with Crippen molar-refractivity contribution < 1.29 is 5.11 Å². The van der Waals surface area contributed by atoms with Crippen molar-refractivity contribution >= 4 is 22.7 Å². The Kier molecular flexibility index (Phi) is 3.89. The van der Waals surface area contributed by atoms with E-state index in [4.69, 9.17) is 0 Å². The summed E-state index contributed by atoms with van der Waals surface area (Å²) in [6.45, 7) is 4.03. The summed E-state index contributed by atoms with van der Waals surface area (Å²) >= 11 is 1.73. The third-order valence-electron chi connectivity index (χ3n) is 2.74. The van der Waals surface area contributed by atoms with Crippen LogP contribution in [0.3, 0.4) is 0 Å². The molecule has 0 unspecified atom stereocenters. The van der Waals surface area contributed by atoms with Crippen LogP contribution in [-0.4, -0.2) is 15.8 Å². The highest BCUT2D eigenvalue weighted by Gasteiger charge is 2.11. The number of fused-ring (bicyclic) bond motifs is 1. The molecular weight excluding hydrogens is 230 g/mol. The molecule has 1 aromatic carbocycles. The maximum atomic E-state index is 10.1. The molecular formula is C14H17NOS. The lowest BCUT2D eigenvalue weighted by atomic mass is 10.2. The number of thioether (sulfide) groups is 1. The number of para-hydroxylation sites is 1. The van der Waals surface area contributed by atoms with Crippen LogP contribution in [0.4, 0.5) is 0 Å². The topological polar surface area (TPSA) is 33.1 Å². The maximum Gasteiger partial charge on any atom is 0.150 e. The standard InChI is InChI=1S/C14H17NOS/c1-3-4-9-17-14-11-7-5-6-8-12(11)15-10(2)13(14)16/h5-8,16H,3-4,9H2,1-2H3. The number of aromatic nitrogens is 1. The lowest BCUT2D eigenvalue weighted by Crippen LogP contribution is -1.89. The molecule has 0 saturated heterocycles. The number of aromatic hydroxyl groups is 1. The maximum absolute atomic E-state index is 10.1. The molecule has 90 valence electrons. The Morgan fingerprint density at radius 2 is 2.06 bits per heavy atom. The third kappa shape index (κ3) is 2.55. The van der Waals surface area contributed by atoms with Crippen molar-refractivity contribution in [2.45, 2.75) is 31.6 Å². The van der Waals surface area contributed by atoms with Crippen molar-refractivity contribution in [3.05, 3.63) is 30.0 Å². The summed E-state index contributed by atoms with van der Waals surface area (Å²) in [5, 5.41) is 11.2. The molecule has 0 bridgehead atoms. The van der Waals surface area contributed by atoms with E-state index in [9.17, 15) is 5.11 Å². The fourth-order valence-electron chi connectivity index (χ4n) is 1.75. The van der Waals surface area contributed by atoms with Crippen LogP contribution in [0.2, 0.25) is 0 Å². The van der Waals surface area contributed by atoms with Crippen LogP contribution in [0.15, 0.2) is 29.2 Å². The van der Waals surface area contributed by atoms with E-state index in [0.717, 1.165) is 21.6 Å². The largest absolute Gasteiger partial charge is 0.505 e. The summed E-state index contributed by atoms with van der Waals surface area (Å²) in [6, 6.07) is 7.98. The van der Waals surface area contributed by atoms with Gasteiger partial charge in [-0.1, -0.05) is 31.5 Å². The van der Waals surface area contributed by atoms with Crippen molar-refractivity contribution in [1.82, 2.24) is 4.98 Å². The summed E-state index contributed by atoms with van der Waals surface area (Å²) in [7, 11) is 0. The predicted molar refractivity (Wildman–Crippen MR) is 73.8 cm³/mol. The van der Waals surface area contributed by atoms with Crippen LogP contribution in [-0.2, 0) is 0 Å². The van der Waals surface area contributed by atoms with Gasteiger partial charge >= 0.3 is 0 Å². The number of nitrogens with zero attached hydrogens (tertiary/aromatic N) is 1. The Hall–Kier alpha value is -1.22. The number of aryl methyl sites for hydroxylation is 1. The van der Waals surface area contributed by atoms with Crippen LogP contribution < -0.4 is 0 Å². The van der Waals surface area contributed by atoms with Gasteiger partial charge in [-0.05, 0) is 25.2 Å². The quantitative estimate of drug-likeness (QED) is 0.651. The van der Waals surface area contributed by atoms with Crippen LogP contribution in [0.25, 0.3) is 10.9 Å². The lowest BCUT2D eigenvalue weighted by Gasteiger charge is -2.10. The minimum absolute atomic E-state index is 0.338. The summed E-state index contributed by atoms with van der Waals surface area (Å²) in [4.78, 5) is 5.37. The summed E-state index contributed by atoms with van der Waals surface area (Å²) < 4.78 is 0. The minimum atomic E-state index is 0.338. The number of benzene rings is 1. The van der Waals surface area contributed by atoms with Gasteiger partial charge in [0.05, 0.1) is 16.1 Å².